The van der Waals surface area contributed by atoms with Crippen molar-refractivity contribution in [2.75, 3.05) is 18.9 Å². The summed E-state index contributed by atoms with van der Waals surface area (Å²) in [6.07, 6.45) is 0. The number of rotatable bonds is 5. The first-order valence-electron chi connectivity index (χ1n) is 6.00. The number of nitriles is 1. The quantitative estimate of drug-likeness (QED) is 0.836. The molecule has 0 fully saturated rings. The monoisotopic (exact) mass is 279 g/mol. The van der Waals surface area contributed by atoms with Crippen LogP contribution >= 0.6 is 0 Å². The zero-order chi connectivity index (χ0) is 15.4. The second-order valence-corrected chi connectivity index (χ2v) is 4.58. The molecule has 1 atom stereocenters. The maximum atomic E-state index is 11.8. The van der Waals surface area contributed by atoms with Crippen LogP contribution in [-0.4, -0.2) is 41.5 Å². The normalized spacial score (nSPS) is 12.0. The maximum absolute atomic E-state index is 11.8. The van der Waals surface area contributed by atoms with Crippen molar-refractivity contribution in [3.8, 4) is 6.07 Å². The van der Waals surface area contributed by atoms with Gasteiger partial charge in [-0.25, -0.2) is 0 Å². The molecule has 0 bridgehead atoms. The highest BCUT2D eigenvalue weighted by Gasteiger charge is 2.21. The van der Waals surface area contributed by atoms with Crippen LogP contribution in [0.4, 0.5) is 5.88 Å². The Bertz CT molecular complexity index is 571. The molecular weight excluding hydrogens is 262 g/mol. The average Bonchev–Trinajstić information content (AvgIpc) is 2.62. The minimum atomic E-state index is -1.01. The number of carbonyl (C=O) groups excluding carboxylic acids is 1. The smallest absolute Gasteiger partial charge is 0.320 e. The van der Waals surface area contributed by atoms with Gasteiger partial charge in [-0.15, -0.1) is 0 Å². The number of furan rings is 1. The molecule has 108 valence electrons. The number of aryl methyl sites for hydroxylation is 1. The first kappa shape index (κ1) is 15.7. The molecule has 1 amide bonds. The second kappa shape index (κ2) is 6.21. The van der Waals surface area contributed by atoms with Gasteiger partial charge in [-0.1, -0.05) is 0 Å². The molecule has 7 nitrogen and oxygen atoms in total. The highest BCUT2D eigenvalue weighted by Crippen LogP contribution is 2.25. The molecule has 0 spiro atoms. The molecule has 0 radical (unpaired) electrons. The summed E-state index contributed by atoms with van der Waals surface area (Å²) in [6, 6.07) is 1.19. The van der Waals surface area contributed by atoms with Crippen LogP contribution in [0, 0.1) is 25.2 Å². The molecule has 0 saturated heterocycles. The Kier molecular flexibility index (Phi) is 4.88. The summed E-state index contributed by atoms with van der Waals surface area (Å²) in [6.45, 7) is 4.80. The molecule has 0 aromatic carbocycles. The van der Waals surface area contributed by atoms with Gasteiger partial charge in [-0.05, 0) is 27.8 Å². The fourth-order valence-corrected chi connectivity index (χ4v) is 1.57. The Balaban J connectivity index is 2.75. The summed E-state index contributed by atoms with van der Waals surface area (Å²) >= 11 is 0. The van der Waals surface area contributed by atoms with Gasteiger partial charge >= 0.3 is 5.97 Å². The van der Waals surface area contributed by atoms with E-state index in [1.807, 2.05) is 6.07 Å². The van der Waals surface area contributed by atoms with E-state index in [1.165, 1.54) is 18.9 Å². The van der Waals surface area contributed by atoms with Gasteiger partial charge in [0.1, 0.15) is 23.4 Å². The van der Waals surface area contributed by atoms with Gasteiger partial charge in [0.2, 0.25) is 11.8 Å². The zero-order valence-electron chi connectivity index (χ0n) is 11.9. The van der Waals surface area contributed by atoms with E-state index in [0.717, 1.165) is 0 Å². The van der Waals surface area contributed by atoms with Gasteiger partial charge in [0.15, 0.2) is 0 Å². The number of aliphatic carboxylic acids is 1. The Morgan fingerprint density at radius 2 is 2.10 bits per heavy atom. The van der Waals surface area contributed by atoms with Gasteiger partial charge in [-0.2, -0.15) is 5.26 Å². The number of hydrogen-bond donors (Lipinski definition) is 2. The highest BCUT2D eigenvalue weighted by molar-refractivity contribution is 5.92. The van der Waals surface area contributed by atoms with Gasteiger partial charge in [0, 0.05) is 5.56 Å². The lowest BCUT2D eigenvalue weighted by Crippen LogP contribution is -2.40. The molecule has 0 aliphatic rings. The van der Waals surface area contributed by atoms with Gasteiger partial charge in [0.25, 0.3) is 0 Å². The number of amides is 1. The Morgan fingerprint density at radius 3 is 2.60 bits per heavy atom. The summed E-state index contributed by atoms with van der Waals surface area (Å²) in [5, 5.41) is 20.3. The van der Waals surface area contributed by atoms with Crippen molar-refractivity contribution in [1.82, 2.24) is 4.90 Å². The predicted molar refractivity (Wildman–Crippen MR) is 71.3 cm³/mol. The topological polar surface area (TPSA) is 107 Å². The van der Waals surface area contributed by atoms with E-state index >= 15 is 0 Å². The van der Waals surface area contributed by atoms with Gasteiger partial charge < -0.3 is 9.52 Å². The fourth-order valence-electron chi connectivity index (χ4n) is 1.57. The van der Waals surface area contributed by atoms with Crippen molar-refractivity contribution in [2.45, 2.75) is 26.8 Å². The number of hydrogen-bond acceptors (Lipinski definition) is 5. The van der Waals surface area contributed by atoms with Crippen molar-refractivity contribution < 1.29 is 19.1 Å². The van der Waals surface area contributed by atoms with Crippen LogP contribution in [0.3, 0.4) is 0 Å². The summed E-state index contributed by atoms with van der Waals surface area (Å²) in [4.78, 5) is 24.0. The Hall–Kier alpha value is -2.33. The van der Waals surface area contributed by atoms with Crippen LogP contribution < -0.4 is 5.32 Å². The van der Waals surface area contributed by atoms with E-state index in [4.69, 9.17) is 14.8 Å². The molecule has 20 heavy (non-hydrogen) atoms. The number of nitrogens with zero attached hydrogens (tertiary/aromatic N) is 2. The third-order valence-corrected chi connectivity index (χ3v) is 3.16. The number of likely N-dealkylation sites (N-methyl/N-ethyl adjacent to an activating group) is 1. The molecule has 2 N–H and O–H groups in total. The average molecular weight is 279 g/mol. The molecule has 1 aromatic rings. The molecule has 0 aliphatic carbocycles. The molecular formula is C13H17N3O4. The van der Waals surface area contributed by atoms with E-state index in [-0.39, 0.29) is 18.0 Å². The van der Waals surface area contributed by atoms with Crippen LogP contribution in [0.5, 0.6) is 0 Å². The molecule has 1 heterocycles. The van der Waals surface area contributed by atoms with Crippen LogP contribution in [0.25, 0.3) is 0 Å². The molecule has 0 saturated carbocycles. The second-order valence-electron chi connectivity index (χ2n) is 4.58. The molecule has 1 aromatic heterocycles. The predicted octanol–water partition coefficient (Wildman–Crippen LogP) is 1.11. The SMILES string of the molecule is Cc1oc(NC(=O)CN(C)C(C)C(=O)O)c(C#N)c1C. The number of carboxylic acid groups (broad SMARTS) is 1. The van der Waals surface area contributed by atoms with E-state index < -0.39 is 17.9 Å². The van der Waals surface area contributed by atoms with Crippen molar-refractivity contribution >= 4 is 17.8 Å². The lowest BCUT2D eigenvalue weighted by atomic mass is 10.2. The van der Waals surface area contributed by atoms with Crippen LogP contribution in [0.2, 0.25) is 0 Å². The fraction of sp³-hybridized carbons (Fsp3) is 0.462. The summed E-state index contributed by atoms with van der Waals surface area (Å²) in [5.41, 5.74) is 0.958. The number of carboxylic acids is 1. The van der Waals surface area contributed by atoms with Crippen LogP contribution in [0.15, 0.2) is 4.42 Å². The third-order valence-electron chi connectivity index (χ3n) is 3.16. The number of nitrogens with one attached hydrogen (secondary N) is 1. The van der Waals surface area contributed by atoms with E-state index in [1.54, 1.807) is 13.8 Å². The highest BCUT2D eigenvalue weighted by atomic mass is 16.4. The standard InChI is InChI=1S/C13H17N3O4/c1-7-9(3)20-12(10(7)5-14)15-11(17)6-16(4)8(2)13(18)19/h8H,6H2,1-4H3,(H,15,17)(H,18,19). The molecule has 1 rings (SSSR count). The Morgan fingerprint density at radius 1 is 1.50 bits per heavy atom. The van der Waals surface area contributed by atoms with Crippen LogP contribution in [0.1, 0.15) is 23.8 Å². The third kappa shape index (κ3) is 3.36. The number of carbonyl (C=O) groups is 2. The van der Waals surface area contributed by atoms with Gasteiger partial charge in [0.05, 0.1) is 6.54 Å². The summed E-state index contributed by atoms with van der Waals surface area (Å²) in [7, 11) is 1.53. The minimum Gasteiger partial charge on any atom is -0.480 e. The van der Waals surface area contributed by atoms with Crippen molar-refractivity contribution in [3.63, 3.8) is 0 Å². The Labute approximate surface area is 116 Å². The molecule has 0 aliphatic heterocycles. The van der Waals surface area contributed by atoms with Gasteiger partial charge in [-0.3, -0.25) is 19.8 Å². The summed E-state index contributed by atoms with van der Waals surface area (Å²) in [5.74, 6) is -0.790. The van der Waals surface area contributed by atoms with Crippen molar-refractivity contribution in [1.29, 1.82) is 5.26 Å². The lowest BCUT2D eigenvalue weighted by molar-refractivity contribution is -0.142. The van der Waals surface area contributed by atoms with E-state index in [2.05, 4.69) is 5.32 Å². The zero-order valence-corrected chi connectivity index (χ0v) is 11.9. The maximum Gasteiger partial charge on any atom is 0.320 e. The van der Waals surface area contributed by atoms with Crippen molar-refractivity contribution in [2.24, 2.45) is 0 Å². The first-order chi connectivity index (χ1) is 9.27. The molecule has 1 unspecified atom stereocenters. The largest absolute Gasteiger partial charge is 0.480 e. The van der Waals surface area contributed by atoms with E-state index in [0.29, 0.717) is 11.3 Å². The summed E-state index contributed by atoms with van der Waals surface area (Å²) < 4.78 is 5.31. The minimum absolute atomic E-state index is 0.101. The molecule has 7 heteroatoms. The number of anilines is 1. The van der Waals surface area contributed by atoms with Crippen LogP contribution in [-0.2, 0) is 9.59 Å². The lowest BCUT2D eigenvalue weighted by Gasteiger charge is -2.19. The van der Waals surface area contributed by atoms with E-state index in [9.17, 15) is 9.59 Å². The van der Waals surface area contributed by atoms with Crippen molar-refractivity contribution in [3.05, 3.63) is 16.9 Å². The first-order valence-corrected chi connectivity index (χ1v) is 6.00.